The molecule has 7 heavy (non-hydrogen) atoms. The lowest BCUT2D eigenvalue weighted by molar-refractivity contribution is -0.128. The van der Waals surface area contributed by atoms with E-state index >= 15 is 0 Å². The summed E-state index contributed by atoms with van der Waals surface area (Å²) in [4.78, 5) is 10.3. The van der Waals surface area contributed by atoms with Crippen LogP contribution in [-0.4, -0.2) is 25.5 Å². The Labute approximate surface area is 42.1 Å². The highest BCUT2D eigenvalue weighted by molar-refractivity contribution is 5.87. The highest BCUT2D eigenvalue weighted by Crippen LogP contribution is 1.89. The highest BCUT2D eigenvalue weighted by Gasteiger charge is 2.24. The van der Waals surface area contributed by atoms with E-state index in [-0.39, 0.29) is 11.9 Å². The minimum Gasteiger partial charge on any atom is -0.353 e. The second-order valence-corrected chi connectivity index (χ2v) is 1.59. The Morgan fingerprint density at radius 3 is 2.71 bits per heavy atom. The van der Waals surface area contributed by atoms with Crippen LogP contribution in [-0.2, 0) is 4.79 Å². The van der Waals surface area contributed by atoms with Gasteiger partial charge in [-0.15, -0.1) is 0 Å². The molecule has 0 aromatic heterocycles. The van der Waals surface area contributed by atoms with Crippen LogP contribution in [0.2, 0.25) is 0 Å². The van der Waals surface area contributed by atoms with Crippen LogP contribution in [0.5, 0.6) is 0 Å². The summed E-state index contributed by atoms with van der Waals surface area (Å²) >= 11 is 0. The molecule has 1 rings (SSSR count). The number of nitrogens with one attached hydrogen (secondary N) is 2. The van der Waals surface area contributed by atoms with E-state index in [9.17, 15) is 4.79 Å². The van der Waals surface area contributed by atoms with Gasteiger partial charge in [-0.2, -0.15) is 0 Å². The minimum absolute atomic E-state index is 0.0833. The zero-order chi connectivity index (χ0) is 5.28. The SMILES string of the molecule is CN[C@H]1CNC1=O. The summed E-state index contributed by atoms with van der Waals surface area (Å²) in [5.41, 5.74) is 0. The largest absolute Gasteiger partial charge is 0.353 e. The molecule has 1 fully saturated rings. The Morgan fingerprint density at radius 1 is 2.00 bits per heavy atom. The van der Waals surface area contributed by atoms with Gasteiger partial charge in [0.15, 0.2) is 0 Å². The van der Waals surface area contributed by atoms with Gasteiger partial charge in [0.05, 0.1) is 0 Å². The second-order valence-electron chi connectivity index (χ2n) is 1.59. The van der Waals surface area contributed by atoms with Crippen molar-refractivity contribution >= 4 is 5.91 Å². The van der Waals surface area contributed by atoms with Gasteiger partial charge in [-0.05, 0) is 7.05 Å². The highest BCUT2D eigenvalue weighted by atomic mass is 16.2. The number of likely N-dealkylation sites (N-methyl/N-ethyl adjacent to an activating group) is 1. The van der Waals surface area contributed by atoms with Crippen LogP contribution < -0.4 is 10.6 Å². The van der Waals surface area contributed by atoms with Gasteiger partial charge < -0.3 is 10.6 Å². The molecule has 0 aliphatic carbocycles. The molecule has 1 aliphatic rings. The summed E-state index contributed by atoms with van der Waals surface area (Å²) in [5, 5.41) is 5.45. The van der Waals surface area contributed by atoms with Gasteiger partial charge in [0.25, 0.3) is 0 Å². The summed E-state index contributed by atoms with van der Waals surface area (Å²) in [5.74, 6) is 0.113. The smallest absolute Gasteiger partial charge is 0.239 e. The van der Waals surface area contributed by atoms with Crippen molar-refractivity contribution in [3.05, 3.63) is 0 Å². The Kier molecular flexibility index (Phi) is 0.982. The quantitative estimate of drug-likeness (QED) is 0.402. The van der Waals surface area contributed by atoms with Crippen molar-refractivity contribution in [2.45, 2.75) is 6.04 Å². The molecule has 1 saturated heterocycles. The molecule has 3 nitrogen and oxygen atoms in total. The van der Waals surface area contributed by atoms with Crippen LogP contribution >= 0.6 is 0 Å². The third-order valence-electron chi connectivity index (χ3n) is 1.15. The van der Waals surface area contributed by atoms with Crippen molar-refractivity contribution < 1.29 is 4.79 Å². The van der Waals surface area contributed by atoms with Gasteiger partial charge in [0, 0.05) is 6.54 Å². The number of amides is 1. The predicted octanol–water partition coefficient (Wildman–Crippen LogP) is -1.30. The molecule has 3 heteroatoms. The molecule has 40 valence electrons. The van der Waals surface area contributed by atoms with Gasteiger partial charge in [-0.25, -0.2) is 0 Å². The topological polar surface area (TPSA) is 41.1 Å². The number of β-lactam (4-membered cyclic amide) rings is 1. The summed E-state index contributed by atoms with van der Waals surface area (Å²) in [6.07, 6.45) is 0. The standard InChI is InChI=1S/C4H8N2O/c1-5-3-2-6-4(3)7/h3,5H,2H2,1H3,(H,6,7)/t3-/m0/s1. The normalized spacial score (nSPS) is 28.7. The maximum absolute atomic E-state index is 10.3. The lowest BCUT2D eigenvalue weighted by Gasteiger charge is -2.24. The third-order valence-corrected chi connectivity index (χ3v) is 1.15. The van der Waals surface area contributed by atoms with Crippen LogP contribution in [0.3, 0.4) is 0 Å². The van der Waals surface area contributed by atoms with E-state index in [0.717, 1.165) is 6.54 Å². The third kappa shape index (κ3) is 0.587. The maximum Gasteiger partial charge on any atom is 0.239 e. The van der Waals surface area contributed by atoms with E-state index in [2.05, 4.69) is 10.6 Å². The lowest BCUT2D eigenvalue weighted by atomic mass is 10.2. The molecule has 0 unspecified atom stereocenters. The molecule has 2 N–H and O–H groups in total. The summed E-state index contributed by atoms with van der Waals surface area (Å²) < 4.78 is 0. The van der Waals surface area contributed by atoms with E-state index in [4.69, 9.17) is 0 Å². The van der Waals surface area contributed by atoms with Crippen LogP contribution in [0.1, 0.15) is 0 Å². The number of hydrogen-bond acceptors (Lipinski definition) is 2. The Hall–Kier alpha value is -0.570. The van der Waals surface area contributed by atoms with Gasteiger partial charge in [0.1, 0.15) is 6.04 Å². The minimum atomic E-state index is 0.0833. The maximum atomic E-state index is 10.3. The van der Waals surface area contributed by atoms with Crippen LogP contribution in [0, 0.1) is 0 Å². The molecule has 0 aromatic carbocycles. The average molecular weight is 100 g/mol. The first-order chi connectivity index (χ1) is 3.34. The summed E-state index contributed by atoms with van der Waals surface area (Å²) in [7, 11) is 1.78. The van der Waals surface area contributed by atoms with E-state index in [1.54, 1.807) is 7.05 Å². The van der Waals surface area contributed by atoms with Crippen molar-refractivity contribution in [3.8, 4) is 0 Å². The van der Waals surface area contributed by atoms with Gasteiger partial charge >= 0.3 is 0 Å². The molecule has 0 spiro atoms. The fraction of sp³-hybridized carbons (Fsp3) is 0.750. The number of hydrogen-bond donors (Lipinski definition) is 2. The molecule has 0 radical (unpaired) electrons. The molecule has 0 saturated carbocycles. The number of carbonyl (C=O) groups is 1. The first-order valence-corrected chi connectivity index (χ1v) is 2.29. The molecule has 1 aliphatic heterocycles. The number of carbonyl (C=O) groups excluding carboxylic acids is 1. The zero-order valence-electron chi connectivity index (χ0n) is 4.19. The summed E-state index contributed by atoms with van der Waals surface area (Å²) in [6, 6.07) is 0.0833. The molecular formula is C4H8N2O. The van der Waals surface area contributed by atoms with Crippen molar-refractivity contribution in [2.75, 3.05) is 13.6 Å². The fourth-order valence-electron chi connectivity index (χ4n) is 0.521. The van der Waals surface area contributed by atoms with Gasteiger partial charge in [-0.3, -0.25) is 4.79 Å². The van der Waals surface area contributed by atoms with E-state index in [1.165, 1.54) is 0 Å². The Bertz CT molecular complexity index is 89.7. The molecule has 1 heterocycles. The fourth-order valence-corrected chi connectivity index (χ4v) is 0.521. The first-order valence-electron chi connectivity index (χ1n) is 2.29. The predicted molar refractivity (Wildman–Crippen MR) is 25.9 cm³/mol. The Morgan fingerprint density at radius 2 is 2.71 bits per heavy atom. The lowest BCUT2D eigenvalue weighted by Crippen LogP contribution is -2.59. The van der Waals surface area contributed by atoms with Crippen LogP contribution in [0.4, 0.5) is 0 Å². The van der Waals surface area contributed by atoms with Crippen molar-refractivity contribution in [2.24, 2.45) is 0 Å². The molecular weight excluding hydrogens is 92.1 g/mol. The van der Waals surface area contributed by atoms with E-state index in [1.807, 2.05) is 0 Å². The van der Waals surface area contributed by atoms with Crippen LogP contribution in [0.15, 0.2) is 0 Å². The summed E-state index contributed by atoms with van der Waals surface area (Å²) in [6.45, 7) is 0.787. The van der Waals surface area contributed by atoms with Crippen molar-refractivity contribution in [3.63, 3.8) is 0 Å². The number of rotatable bonds is 1. The molecule has 1 amide bonds. The van der Waals surface area contributed by atoms with Gasteiger partial charge in [-0.1, -0.05) is 0 Å². The van der Waals surface area contributed by atoms with Crippen LogP contribution in [0.25, 0.3) is 0 Å². The second kappa shape index (κ2) is 1.50. The van der Waals surface area contributed by atoms with E-state index in [0.29, 0.717) is 0 Å². The monoisotopic (exact) mass is 100 g/mol. The molecule has 1 atom stereocenters. The van der Waals surface area contributed by atoms with Gasteiger partial charge in [0.2, 0.25) is 5.91 Å². The van der Waals surface area contributed by atoms with E-state index < -0.39 is 0 Å². The van der Waals surface area contributed by atoms with Crippen molar-refractivity contribution in [1.82, 2.24) is 10.6 Å². The first kappa shape index (κ1) is 4.59. The van der Waals surface area contributed by atoms with Crippen molar-refractivity contribution in [1.29, 1.82) is 0 Å². The molecule has 0 aromatic rings. The molecule has 0 bridgehead atoms. The zero-order valence-corrected chi connectivity index (χ0v) is 4.19. The Balaban J connectivity index is 2.29. The average Bonchev–Trinajstić information content (AvgIpc) is 1.65.